The van der Waals surface area contributed by atoms with E-state index < -0.39 is 8.07 Å². The van der Waals surface area contributed by atoms with Crippen LogP contribution in [0.3, 0.4) is 0 Å². The fourth-order valence-electron chi connectivity index (χ4n) is 6.71. The molecule has 0 N–H and O–H groups in total. The van der Waals surface area contributed by atoms with Gasteiger partial charge in [-0.1, -0.05) is 55.6 Å². The molecule has 1 aliphatic rings. The Hall–Kier alpha value is -3.69. The lowest BCUT2D eigenvalue weighted by Gasteiger charge is -2.22. The van der Waals surface area contributed by atoms with Crippen molar-refractivity contribution < 1.29 is 8.98 Å². The van der Waals surface area contributed by atoms with Crippen molar-refractivity contribution in [3.63, 3.8) is 0 Å². The predicted molar refractivity (Wildman–Crippen MR) is 154 cm³/mol. The fraction of sp³-hybridized carbons (Fsp3) is 0.182. The summed E-state index contributed by atoms with van der Waals surface area (Å²) in [6.45, 7) is 11.8. The molecule has 4 aromatic carbocycles. The number of fused-ring (bicyclic) bond motifs is 8. The van der Waals surface area contributed by atoms with Crippen LogP contribution in [0.5, 0.6) is 0 Å². The summed E-state index contributed by atoms with van der Waals surface area (Å²) >= 11 is 0. The molecule has 0 radical (unpaired) electrons. The Kier molecular flexibility index (Phi) is 4.30. The van der Waals surface area contributed by atoms with Gasteiger partial charge in [0.05, 0.1) is 10.9 Å². The van der Waals surface area contributed by atoms with Crippen molar-refractivity contribution in [1.82, 2.24) is 0 Å². The van der Waals surface area contributed by atoms with E-state index in [0.29, 0.717) is 0 Å². The summed E-state index contributed by atoms with van der Waals surface area (Å²) < 4.78 is 8.88. The summed E-state index contributed by atoms with van der Waals surface area (Å²) in [6, 6.07) is 24.5. The van der Waals surface area contributed by atoms with Crippen molar-refractivity contribution >= 4 is 51.2 Å². The maximum atomic E-state index is 6.59. The SMILES string of the molecule is Cc1cc2c(oc3ccccc32)c(-c2c3cc(C)c4c(c3cc[n+]2C)[Si](C)(C)c2ccccc2-4)c1C. The summed E-state index contributed by atoms with van der Waals surface area (Å²) in [5, 5.41) is 8.21. The smallest absolute Gasteiger partial charge is 0.224 e. The first-order chi connectivity index (χ1) is 17.3. The molecular weight excluding hydrogens is 454 g/mol. The first kappa shape index (κ1) is 21.6. The van der Waals surface area contributed by atoms with Gasteiger partial charge < -0.3 is 4.42 Å². The van der Waals surface area contributed by atoms with E-state index in [0.717, 1.165) is 11.2 Å². The Morgan fingerprint density at radius 2 is 1.44 bits per heavy atom. The summed E-state index contributed by atoms with van der Waals surface area (Å²) in [5.41, 5.74) is 11.2. The van der Waals surface area contributed by atoms with E-state index in [1.807, 2.05) is 0 Å². The van der Waals surface area contributed by atoms with Gasteiger partial charge in [0.2, 0.25) is 5.69 Å². The molecule has 36 heavy (non-hydrogen) atoms. The van der Waals surface area contributed by atoms with Gasteiger partial charge in [0, 0.05) is 16.8 Å². The molecule has 0 spiro atoms. The number of nitrogens with zero attached hydrogens (tertiary/aromatic N) is 1. The Bertz CT molecular complexity index is 1910. The highest BCUT2D eigenvalue weighted by molar-refractivity contribution is 7.05. The standard InChI is InChI=1S/C33H30NOSi/c1-19-17-26-22-11-7-9-13-27(22)35-32(26)30(21(19)3)31-25-18-20(2)29-24-12-8-10-14-28(24)36(5,6)33(29)23(25)15-16-34(31)4/h7-18H,1-6H3/q+1. The number of benzene rings is 4. The van der Waals surface area contributed by atoms with Crippen LogP contribution in [0, 0.1) is 20.8 Å². The maximum Gasteiger partial charge on any atom is 0.224 e. The summed E-state index contributed by atoms with van der Waals surface area (Å²) in [4.78, 5) is 0. The number of rotatable bonds is 1. The van der Waals surface area contributed by atoms with Crippen molar-refractivity contribution in [2.75, 3.05) is 0 Å². The number of furan rings is 1. The van der Waals surface area contributed by atoms with Crippen molar-refractivity contribution in [2.24, 2.45) is 7.05 Å². The van der Waals surface area contributed by atoms with Crippen molar-refractivity contribution in [1.29, 1.82) is 0 Å². The summed E-state index contributed by atoms with van der Waals surface area (Å²) in [5.74, 6) is 0. The van der Waals surface area contributed by atoms with Crippen molar-refractivity contribution in [2.45, 2.75) is 33.9 Å². The third kappa shape index (κ3) is 2.64. The van der Waals surface area contributed by atoms with E-state index in [4.69, 9.17) is 4.42 Å². The van der Waals surface area contributed by atoms with Gasteiger partial charge in [-0.3, -0.25) is 0 Å². The second-order valence-electron chi connectivity index (χ2n) is 11.0. The van der Waals surface area contributed by atoms with Gasteiger partial charge in [-0.25, -0.2) is 4.57 Å². The summed E-state index contributed by atoms with van der Waals surface area (Å²) in [7, 11) is 0.316. The van der Waals surface area contributed by atoms with Crippen molar-refractivity contribution in [3.05, 3.63) is 89.6 Å². The Morgan fingerprint density at radius 1 is 0.722 bits per heavy atom. The molecule has 3 heterocycles. The minimum Gasteiger partial charge on any atom is -0.455 e. The molecule has 0 aliphatic carbocycles. The van der Waals surface area contributed by atoms with Crippen LogP contribution in [0.15, 0.2) is 77.3 Å². The second-order valence-corrected chi connectivity index (χ2v) is 15.3. The Morgan fingerprint density at radius 3 is 2.28 bits per heavy atom. The molecule has 176 valence electrons. The van der Waals surface area contributed by atoms with Gasteiger partial charge in [-0.2, -0.15) is 0 Å². The molecule has 0 fully saturated rings. The molecule has 6 aromatic rings. The average molecular weight is 485 g/mol. The van der Waals surface area contributed by atoms with Crippen LogP contribution >= 0.6 is 0 Å². The second kappa shape index (κ2) is 7.17. The minimum absolute atomic E-state index is 0.947. The third-order valence-corrected chi connectivity index (χ3v) is 12.1. The zero-order valence-corrected chi connectivity index (χ0v) is 22.8. The number of hydrogen-bond donors (Lipinski definition) is 0. The lowest BCUT2D eigenvalue weighted by Crippen LogP contribution is -2.49. The zero-order chi connectivity index (χ0) is 24.9. The monoisotopic (exact) mass is 484 g/mol. The molecular formula is C33H30NOSi+. The highest BCUT2D eigenvalue weighted by atomic mass is 28.3. The van der Waals surface area contributed by atoms with E-state index in [9.17, 15) is 0 Å². The minimum atomic E-state index is -1.86. The van der Waals surface area contributed by atoms with E-state index in [-0.39, 0.29) is 0 Å². The number of aromatic nitrogens is 1. The fourth-order valence-corrected chi connectivity index (χ4v) is 10.2. The normalized spacial score (nSPS) is 14.1. The first-order valence-corrected chi connectivity index (χ1v) is 15.8. The van der Waals surface area contributed by atoms with Crippen LogP contribution in [0.4, 0.5) is 0 Å². The molecule has 0 saturated carbocycles. The van der Waals surface area contributed by atoms with E-state index in [1.54, 1.807) is 10.4 Å². The number of hydrogen-bond acceptors (Lipinski definition) is 1. The molecule has 1 aliphatic heterocycles. The first-order valence-electron chi connectivity index (χ1n) is 12.8. The van der Waals surface area contributed by atoms with Gasteiger partial charge in [-0.05, 0) is 82.5 Å². The maximum absolute atomic E-state index is 6.59. The predicted octanol–water partition coefficient (Wildman–Crippen LogP) is 6.96. The van der Waals surface area contributed by atoms with Gasteiger partial charge in [0.1, 0.15) is 26.3 Å². The number of pyridine rings is 1. The van der Waals surface area contributed by atoms with Gasteiger partial charge in [0.25, 0.3) is 0 Å². The zero-order valence-electron chi connectivity index (χ0n) is 21.8. The quantitative estimate of drug-likeness (QED) is 0.182. The van der Waals surface area contributed by atoms with E-state index in [2.05, 4.69) is 118 Å². The molecule has 2 nitrogen and oxygen atoms in total. The molecule has 3 heteroatoms. The number of aryl methyl sites for hydroxylation is 3. The Labute approximate surface area is 212 Å². The van der Waals surface area contributed by atoms with Crippen LogP contribution in [-0.4, -0.2) is 8.07 Å². The van der Waals surface area contributed by atoms with E-state index in [1.165, 1.54) is 60.6 Å². The van der Waals surface area contributed by atoms with Crippen LogP contribution in [0.2, 0.25) is 13.1 Å². The van der Waals surface area contributed by atoms with Crippen molar-refractivity contribution in [3.8, 4) is 22.4 Å². The van der Waals surface area contributed by atoms with Gasteiger partial charge in [-0.15, -0.1) is 0 Å². The molecule has 0 bridgehead atoms. The van der Waals surface area contributed by atoms with Gasteiger partial charge in [0.15, 0.2) is 6.20 Å². The largest absolute Gasteiger partial charge is 0.455 e. The molecule has 2 aromatic heterocycles. The summed E-state index contributed by atoms with van der Waals surface area (Å²) in [6.07, 6.45) is 2.25. The lowest BCUT2D eigenvalue weighted by atomic mass is 9.91. The van der Waals surface area contributed by atoms with E-state index >= 15 is 0 Å². The Balaban J connectivity index is 1.66. The van der Waals surface area contributed by atoms with Gasteiger partial charge >= 0.3 is 0 Å². The molecule has 0 unspecified atom stereocenters. The lowest BCUT2D eigenvalue weighted by molar-refractivity contribution is -0.659. The van der Waals surface area contributed by atoms with Crippen LogP contribution in [0.25, 0.3) is 55.1 Å². The average Bonchev–Trinajstić information content (AvgIpc) is 3.34. The van der Waals surface area contributed by atoms with Crippen LogP contribution in [-0.2, 0) is 7.05 Å². The highest BCUT2D eigenvalue weighted by Crippen LogP contribution is 2.42. The third-order valence-electron chi connectivity index (χ3n) is 8.56. The molecule has 0 amide bonds. The van der Waals surface area contributed by atoms with Crippen LogP contribution in [0.1, 0.15) is 16.7 Å². The topological polar surface area (TPSA) is 17.0 Å². The number of para-hydroxylation sites is 1. The molecule has 0 saturated heterocycles. The highest BCUT2D eigenvalue weighted by Gasteiger charge is 2.40. The van der Waals surface area contributed by atoms with Crippen LogP contribution < -0.4 is 14.9 Å². The molecule has 0 atom stereocenters. The molecule has 7 rings (SSSR count).